The van der Waals surface area contributed by atoms with Gasteiger partial charge in [0.1, 0.15) is 11.4 Å². The fraction of sp³-hybridized carbons (Fsp3) is 0.455. The van der Waals surface area contributed by atoms with Crippen molar-refractivity contribution in [1.82, 2.24) is 4.98 Å². The van der Waals surface area contributed by atoms with Gasteiger partial charge in [-0.25, -0.2) is 0 Å². The van der Waals surface area contributed by atoms with E-state index >= 15 is 0 Å². The average Bonchev–Trinajstić information content (AvgIpc) is 2.64. The molecule has 4 atom stereocenters. The number of aromatic nitrogens is 1. The average molecular weight is 367 g/mol. The van der Waals surface area contributed by atoms with Crippen LogP contribution in [0, 0.1) is 5.92 Å². The first-order chi connectivity index (χ1) is 12.7. The zero-order valence-electron chi connectivity index (χ0n) is 15.6. The van der Waals surface area contributed by atoms with Gasteiger partial charge in [-0.05, 0) is 61.9 Å². The first kappa shape index (κ1) is 18.1. The van der Waals surface area contributed by atoms with Crippen LogP contribution in [0.3, 0.4) is 0 Å². The molecule has 142 valence electrons. The van der Waals surface area contributed by atoms with E-state index in [4.69, 9.17) is 0 Å². The SMILES string of the molecule is CC[C@@]12C[C@@](C)(O)[C@](O)(c3ccccn3)C[C@H]1CC(=O)c1cc(O)ccc12. The van der Waals surface area contributed by atoms with Crippen molar-refractivity contribution in [2.75, 3.05) is 0 Å². The molecule has 1 saturated carbocycles. The van der Waals surface area contributed by atoms with Gasteiger partial charge in [-0.15, -0.1) is 0 Å². The van der Waals surface area contributed by atoms with E-state index in [2.05, 4.69) is 11.9 Å². The lowest BCUT2D eigenvalue weighted by atomic mass is 9.49. The summed E-state index contributed by atoms with van der Waals surface area (Å²) in [7, 11) is 0. The van der Waals surface area contributed by atoms with Gasteiger partial charge < -0.3 is 15.3 Å². The highest BCUT2D eigenvalue weighted by Crippen LogP contribution is 2.59. The van der Waals surface area contributed by atoms with Crippen molar-refractivity contribution in [3.8, 4) is 5.75 Å². The number of phenolic OH excluding ortho intramolecular Hbond substituents is 1. The zero-order valence-corrected chi connectivity index (χ0v) is 15.6. The third-order valence-corrected chi connectivity index (χ3v) is 6.87. The summed E-state index contributed by atoms with van der Waals surface area (Å²) in [4.78, 5) is 17.1. The Morgan fingerprint density at radius 1 is 1.22 bits per heavy atom. The maximum atomic E-state index is 12.8. The summed E-state index contributed by atoms with van der Waals surface area (Å²) in [6.45, 7) is 3.71. The van der Waals surface area contributed by atoms with E-state index in [0.29, 0.717) is 17.7 Å². The van der Waals surface area contributed by atoms with Gasteiger partial charge in [0, 0.05) is 23.6 Å². The third-order valence-electron chi connectivity index (χ3n) is 6.87. The van der Waals surface area contributed by atoms with E-state index in [-0.39, 0.29) is 30.3 Å². The second-order valence-electron chi connectivity index (χ2n) is 8.29. The number of carbonyl (C=O) groups excluding carboxylic acids is 1. The van der Waals surface area contributed by atoms with Gasteiger partial charge in [0.25, 0.3) is 0 Å². The van der Waals surface area contributed by atoms with Gasteiger partial charge >= 0.3 is 0 Å². The maximum Gasteiger partial charge on any atom is 0.163 e. The van der Waals surface area contributed by atoms with Crippen LogP contribution in [-0.4, -0.2) is 31.7 Å². The summed E-state index contributed by atoms with van der Waals surface area (Å²) in [5, 5.41) is 32.8. The van der Waals surface area contributed by atoms with Crippen LogP contribution in [0.4, 0.5) is 0 Å². The quantitative estimate of drug-likeness (QED) is 0.759. The van der Waals surface area contributed by atoms with Crippen LogP contribution in [0.1, 0.15) is 61.1 Å². The number of ketones is 1. The molecular weight excluding hydrogens is 342 g/mol. The number of Topliss-reactive ketones (excluding diaryl/α,β-unsaturated/α-hetero) is 1. The molecule has 27 heavy (non-hydrogen) atoms. The summed E-state index contributed by atoms with van der Waals surface area (Å²) >= 11 is 0. The first-order valence-corrected chi connectivity index (χ1v) is 9.46. The number of phenols is 1. The largest absolute Gasteiger partial charge is 0.508 e. The zero-order chi connectivity index (χ0) is 19.4. The van der Waals surface area contributed by atoms with Crippen molar-refractivity contribution in [2.24, 2.45) is 5.92 Å². The van der Waals surface area contributed by atoms with E-state index in [0.717, 1.165) is 12.0 Å². The van der Waals surface area contributed by atoms with Crippen LogP contribution in [0.25, 0.3) is 0 Å². The highest BCUT2D eigenvalue weighted by atomic mass is 16.4. The number of pyridine rings is 1. The highest BCUT2D eigenvalue weighted by molar-refractivity contribution is 6.00. The molecule has 5 nitrogen and oxygen atoms in total. The van der Waals surface area contributed by atoms with Crippen LogP contribution < -0.4 is 0 Å². The maximum absolute atomic E-state index is 12.8. The van der Waals surface area contributed by atoms with Crippen LogP contribution in [0.2, 0.25) is 0 Å². The molecule has 0 radical (unpaired) electrons. The number of fused-ring (bicyclic) bond motifs is 3. The monoisotopic (exact) mass is 367 g/mol. The molecule has 2 aliphatic carbocycles. The van der Waals surface area contributed by atoms with Gasteiger partial charge in [-0.1, -0.05) is 19.1 Å². The molecule has 4 rings (SSSR count). The predicted molar refractivity (Wildman–Crippen MR) is 101 cm³/mol. The second-order valence-corrected chi connectivity index (χ2v) is 8.29. The lowest BCUT2D eigenvalue weighted by Crippen LogP contribution is -2.62. The molecule has 0 spiro atoms. The van der Waals surface area contributed by atoms with Gasteiger partial charge in [-0.3, -0.25) is 9.78 Å². The number of carbonyl (C=O) groups is 1. The first-order valence-electron chi connectivity index (χ1n) is 9.46. The third kappa shape index (κ3) is 2.45. The Labute approximate surface area is 158 Å². The molecule has 2 aromatic rings. The van der Waals surface area contributed by atoms with E-state index in [1.807, 2.05) is 0 Å². The Hall–Kier alpha value is -2.24. The minimum atomic E-state index is -1.52. The van der Waals surface area contributed by atoms with Crippen LogP contribution in [0.5, 0.6) is 5.75 Å². The molecule has 2 aliphatic rings. The number of aromatic hydroxyl groups is 1. The minimum absolute atomic E-state index is 0.0279. The number of hydrogen-bond donors (Lipinski definition) is 3. The predicted octanol–water partition coefficient (Wildman–Crippen LogP) is 3.07. The summed E-state index contributed by atoms with van der Waals surface area (Å²) in [6, 6.07) is 10.2. The van der Waals surface area contributed by atoms with Crippen LogP contribution in [-0.2, 0) is 11.0 Å². The second kappa shape index (κ2) is 5.88. The summed E-state index contributed by atoms with van der Waals surface area (Å²) in [5.74, 6) is -0.0708. The van der Waals surface area contributed by atoms with Crippen molar-refractivity contribution in [1.29, 1.82) is 0 Å². The fourth-order valence-corrected chi connectivity index (χ4v) is 5.38. The number of rotatable bonds is 2. The molecule has 5 heteroatoms. The molecule has 0 saturated heterocycles. The lowest BCUT2D eigenvalue weighted by Gasteiger charge is -2.58. The normalized spacial score (nSPS) is 35.4. The van der Waals surface area contributed by atoms with Crippen molar-refractivity contribution >= 4 is 5.78 Å². The van der Waals surface area contributed by atoms with E-state index in [1.165, 1.54) is 6.07 Å². The van der Waals surface area contributed by atoms with Crippen molar-refractivity contribution < 1.29 is 20.1 Å². The summed E-state index contributed by atoms with van der Waals surface area (Å²) in [6.07, 6.45) is 3.21. The number of hydrogen-bond acceptors (Lipinski definition) is 5. The minimum Gasteiger partial charge on any atom is -0.508 e. The molecule has 0 unspecified atom stereocenters. The Bertz CT molecular complexity index is 894. The van der Waals surface area contributed by atoms with E-state index in [1.54, 1.807) is 43.5 Å². The Balaban J connectivity index is 1.87. The molecule has 1 aromatic carbocycles. The summed E-state index contributed by atoms with van der Waals surface area (Å²) < 4.78 is 0. The molecule has 1 heterocycles. The Kier molecular flexibility index (Phi) is 3.95. The van der Waals surface area contributed by atoms with Gasteiger partial charge in [0.2, 0.25) is 0 Å². The summed E-state index contributed by atoms with van der Waals surface area (Å²) in [5.41, 5.74) is -1.53. The molecule has 1 fully saturated rings. The fourth-order valence-electron chi connectivity index (χ4n) is 5.38. The molecular formula is C22H25NO4. The topological polar surface area (TPSA) is 90.7 Å². The Morgan fingerprint density at radius 2 is 2.00 bits per heavy atom. The van der Waals surface area contributed by atoms with E-state index < -0.39 is 16.6 Å². The molecule has 3 N–H and O–H groups in total. The van der Waals surface area contributed by atoms with Crippen molar-refractivity contribution in [2.45, 2.75) is 56.1 Å². The van der Waals surface area contributed by atoms with Gasteiger partial charge in [0.15, 0.2) is 5.78 Å². The van der Waals surface area contributed by atoms with Gasteiger partial charge in [-0.2, -0.15) is 0 Å². The van der Waals surface area contributed by atoms with Crippen LogP contribution >= 0.6 is 0 Å². The number of benzene rings is 1. The van der Waals surface area contributed by atoms with Crippen molar-refractivity contribution in [3.05, 3.63) is 59.4 Å². The van der Waals surface area contributed by atoms with Crippen LogP contribution in [0.15, 0.2) is 42.6 Å². The molecule has 1 aromatic heterocycles. The molecule has 0 amide bonds. The lowest BCUT2D eigenvalue weighted by molar-refractivity contribution is -0.205. The smallest absolute Gasteiger partial charge is 0.163 e. The van der Waals surface area contributed by atoms with E-state index in [9.17, 15) is 20.1 Å². The standard InChI is InChI=1S/C22H25NO4/c1-3-21-13-20(2,26)22(27,19-6-4-5-9-23-19)12-14(21)10-18(25)16-11-15(24)7-8-17(16)21/h4-9,11,14,24,26-27H,3,10,12-13H2,1-2H3/t14-,20-,21-,22-/m1/s1. The molecule has 0 aliphatic heterocycles. The highest BCUT2D eigenvalue weighted by Gasteiger charge is 2.62. The van der Waals surface area contributed by atoms with Crippen molar-refractivity contribution in [3.63, 3.8) is 0 Å². The number of aliphatic hydroxyl groups is 2. The molecule has 0 bridgehead atoms. The Morgan fingerprint density at radius 3 is 2.67 bits per heavy atom. The number of nitrogens with zero attached hydrogens (tertiary/aromatic N) is 1. The van der Waals surface area contributed by atoms with Gasteiger partial charge in [0.05, 0.1) is 11.3 Å².